The third-order valence-electron chi connectivity index (χ3n) is 12.0. The van der Waals surface area contributed by atoms with E-state index < -0.39 is 0 Å². The Labute approximate surface area is 361 Å². The number of ether oxygens (including phenoxy) is 1. The van der Waals surface area contributed by atoms with Crippen LogP contribution < -0.4 is 0 Å². The van der Waals surface area contributed by atoms with Crippen LogP contribution >= 0.6 is 11.8 Å². The summed E-state index contributed by atoms with van der Waals surface area (Å²) in [5, 5.41) is 10.4. The Balaban J connectivity index is 4.63. The predicted octanol–water partition coefficient (Wildman–Crippen LogP) is 16.1. The van der Waals surface area contributed by atoms with Crippen LogP contribution in [0, 0.1) is 0 Å². The molecule has 57 heavy (non-hydrogen) atoms. The van der Waals surface area contributed by atoms with Crippen molar-refractivity contribution in [2.45, 2.75) is 289 Å². The average Bonchev–Trinajstić information content (AvgIpc) is 3.21. The van der Waals surface area contributed by atoms with E-state index in [0.29, 0.717) is 23.2 Å². The van der Waals surface area contributed by atoms with E-state index in [4.69, 9.17) is 4.74 Å². The Bertz CT molecular complexity index is 763. The minimum Gasteiger partial charge on any atom is -0.462 e. The van der Waals surface area contributed by atoms with Gasteiger partial charge >= 0.3 is 5.97 Å². The summed E-state index contributed by atoms with van der Waals surface area (Å²) in [6.45, 7) is 12.1. The lowest BCUT2D eigenvalue weighted by Gasteiger charge is -2.22. The van der Waals surface area contributed by atoms with E-state index in [1.165, 1.54) is 193 Å². The van der Waals surface area contributed by atoms with Crippen LogP contribution in [0.4, 0.5) is 0 Å². The van der Waals surface area contributed by atoms with E-state index >= 15 is 0 Å². The number of nitrogens with zero attached hydrogens (tertiary/aromatic N) is 1. The van der Waals surface area contributed by atoms with E-state index in [1.807, 2.05) is 0 Å². The van der Waals surface area contributed by atoms with Crippen LogP contribution in [0.15, 0.2) is 0 Å². The molecule has 0 aromatic carbocycles. The summed E-state index contributed by atoms with van der Waals surface area (Å²) in [6, 6.07) is 0. The molecule has 0 saturated heterocycles. The monoisotopic (exact) mass is 824 g/mol. The molecule has 0 saturated carbocycles. The zero-order chi connectivity index (χ0) is 41.7. The molecule has 2 atom stereocenters. The summed E-state index contributed by atoms with van der Waals surface area (Å²) in [7, 11) is 0. The standard InChI is InChI=1S/C51H101NO4S/c1-5-9-13-17-21-23-26-30-39-48(38-29-25-19-15-11-7-3)56-50(54)42-33-35-44-52(46-37-47-53)45-36-34-43-51(55)57-49(40-31-27-20-16-12-8-4)41-32-28-24-22-18-14-10-6-2/h48-49,53H,5-47H2,1-4H3. The van der Waals surface area contributed by atoms with Crippen molar-refractivity contribution < 1.29 is 19.4 Å². The highest BCUT2D eigenvalue weighted by Crippen LogP contribution is 2.27. The van der Waals surface area contributed by atoms with Gasteiger partial charge in [-0.3, -0.25) is 9.59 Å². The van der Waals surface area contributed by atoms with E-state index in [0.717, 1.165) is 64.6 Å². The Morgan fingerprint density at radius 2 is 0.789 bits per heavy atom. The molecule has 2 unspecified atom stereocenters. The Hall–Kier alpha value is -0.590. The molecule has 0 aliphatic rings. The Morgan fingerprint density at radius 1 is 0.439 bits per heavy atom. The molecule has 340 valence electrons. The average molecular weight is 824 g/mol. The van der Waals surface area contributed by atoms with Gasteiger partial charge in [-0.15, -0.1) is 0 Å². The molecule has 0 aromatic heterocycles. The third kappa shape index (κ3) is 41.9. The molecular formula is C51H101NO4S. The van der Waals surface area contributed by atoms with Gasteiger partial charge in [-0.05, 0) is 83.7 Å². The predicted molar refractivity (Wildman–Crippen MR) is 253 cm³/mol. The summed E-state index contributed by atoms with van der Waals surface area (Å²) in [5.41, 5.74) is 0. The lowest BCUT2D eigenvalue weighted by molar-refractivity contribution is -0.150. The first-order chi connectivity index (χ1) is 28.0. The highest BCUT2D eigenvalue weighted by molar-refractivity contribution is 8.14. The topological polar surface area (TPSA) is 66.8 Å². The van der Waals surface area contributed by atoms with Gasteiger partial charge in [0.1, 0.15) is 6.10 Å². The van der Waals surface area contributed by atoms with Crippen LogP contribution in [0.1, 0.15) is 278 Å². The van der Waals surface area contributed by atoms with Gasteiger partial charge in [-0.1, -0.05) is 206 Å². The zero-order valence-corrected chi connectivity index (χ0v) is 39.9. The van der Waals surface area contributed by atoms with Gasteiger partial charge in [0.15, 0.2) is 5.12 Å². The number of esters is 1. The van der Waals surface area contributed by atoms with E-state index in [9.17, 15) is 14.7 Å². The molecule has 1 N–H and O–H groups in total. The number of aliphatic hydroxyl groups excluding tert-OH is 1. The second kappa shape index (κ2) is 46.5. The van der Waals surface area contributed by atoms with Gasteiger partial charge < -0.3 is 14.7 Å². The van der Waals surface area contributed by atoms with Crippen molar-refractivity contribution in [1.82, 2.24) is 4.90 Å². The minimum atomic E-state index is -0.0133. The van der Waals surface area contributed by atoms with Crippen molar-refractivity contribution in [3.63, 3.8) is 0 Å². The van der Waals surface area contributed by atoms with Gasteiger partial charge in [0.2, 0.25) is 0 Å². The normalized spacial score (nSPS) is 12.7. The second-order valence-electron chi connectivity index (χ2n) is 17.7. The van der Waals surface area contributed by atoms with E-state index in [2.05, 4.69) is 32.6 Å². The number of hydrogen-bond donors (Lipinski definition) is 1. The smallest absolute Gasteiger partial charge is 0.306 e. The molecule has 0 radical (unpaired) electrons. The quantitative estimate of drug-likeness (QED) is 0.0487. The molecule has 0 bridgehead atoms. The van der Waals surface area contributed by atoms with Gasteiger partial charge in [-0.2, -0.15) is 0 Å². The maximum Gasteiger partial charge on any atom is 0.306 e. The van der Waals surface area contributed by atoms with Gasteiger partial charge in [0.05, 0.1) is 0 Å². The minimum absolute atomic E-state index is 0.0133. The third-order valence-corrected chi connectivity index (χ3v) is 13.2. The highest BCUT2D eigenvalue weighted by atomic mass is 32.2. The van der Waals surface area contributed by atoms with Crippen LogP contribution in [0.3, 0.4) is 0 Å². The lowest BCUT2D eigenvalue weighted by Crippen LogP contribution is -2.28. The molecule has 0 aromatic rings. The summed E-state index contributed by atoms with van der Waals surface area (Å²) >= 11 is 1.67. The van der Waals surface area contributed by atoms with Crippen LogP contribution in [0.2, 0.25) is 0 Å². The molecule has 5 nitrogen and oxygen atoms in total. The molecule has 0 fully saturated rings. The van der Waals surface area contributed by atoms with Crippen molar-refractivity contribution in [3.05, 3.63) is 0 Å². The number of hydrogen-bond acceptors (Lipinski definition) is 6. The maximum absolute atomic E-state index is 13.1. The van der Waals surface area contributed by atoms with E-state index in [1.54, 1.807) is 11.8 Å². The molecule has 0 aliphatic carbocycles. The molecule has 0 amide bonds. The Morgan fingerprint density at radius 3 is 1.19 bits per heavy atom. The van der Waals surface area contributed by atoms with Crippen molar-refractivity contribution in [1.29, 1.82) is 0 Å². The number of rotatable bonds is 47. The molecule has 0 aliphatic heterocycles. The first-order valence-corrected chi connectivity index (χ1v) is 26.6. The summed E-state index contributed by atoms with van der Waals surface area (Å²) < 4.78 is 6.11. The fourth-order valence-corrected chi connectivity index (χ4v) is 9.37. The van der Waals surface area contributed by atoms with Crippen LogP contribution in [0.5, 0.6) is 0 Å². The summed E-state index contributed by atoms with van der Waals surface area (Å²) in [6.07, 6.45) is 47.0. The number of carbonyl (C=O) groups is 2. The summed E-state index contributed by atoms with van der Waals surface area (Å²) in [4.78, 5) is 28.6. The number of carbonyl (C=O) groups excluding carboxylic acids is 2. The number of aliphatic hydroxyl groups is 1. The van der Waals surface area contributed by atoms with Crippen molar-refractivity contribution in [3.8, 4) is 0 Å². The van der Waals surface area contributed by atoms with Crippen molar-refractivity contribution >= 4 is 22.8 Å². The van der Waals surface area contributed by atoms with Gasteiger partial charge in [0, 0.05) is 31.2 Å². The maximum atomic E-state index is 13.1. The van der Waals surface area contributed by atoms with E-state index in [-0.39, 0.29) is 18.7 Å². The lowest BCUT2D eigenvalue weighted by atomic mass is 10.0. The first kappa shape index (κ1) is 56.4. The highest BCUT2D eigenvalue weighted by Gasteiger charge is 2.17. The Kier molecular flexibility index (Phi) is 46.0. The van der Waals surface area contributed by atoms with Crippen LogP contribution in [0.25, 0.3) is 0 Å². The number of thioether (sulfide) groups is 1. The van der Waals surface area contributed by atoms with Crippen molar-refractivity contribution in [2.24, 2.45) is 0 Å². The van der Waals surface area contributed by atoms with Gasteiger partial charge in [-0.25, -0.2) is 0 Å². The molecule has 0 heterocycles. The second-order valence-corrected chi connectivity index (χ2v) is 19.1. The largest absolute Gasteiger partial charge is 0.462 e. The number of unbranched alkanes of at least 4 members (excludes halogenated alkanes) is 26. The van der Waals surface area contributed by atoms with Crippen molar-refractivity contribution in [2.75, 3.05) is 26.2 Å². The first-order valence-electron chi connectivity index (χ1n) is 25.7. The SMILES string of the molecule is CCCCCCCCCCC(CCCCCCCC)OC(=O)CCCCN(CCCO)CCCCC(=O)SC(CCCCCCCC)CCCCCCCCCC. The summed E-state index contributed by atoms with van der Waals surface area (Å²) in [5.74, 6) is -0.0133. The zero-order valence-electron chi connectivity index (χ0n) is 39.1. The van der Waals surface area contributed by atoms with Gasteiger partial charge in [0.25, 0.3) is 0 Å². The molecule has 0 rings (SSSR count). The van der Waals surface area contributed by atoms with Crippen LogP contribution in [-0.4, -0.2) is 58.7 Å². The molecule has 0 spiro atoms. The fourth-order valence-electron chi connectivity index (χ4n) is 8.17. The molecular weight excluding hydrogens is 723 g/mol. The van der Waals surface area contributed by atoms with Crippen LogP contribution in [-0.2, 0) is 14.3 Å². The molecule has 6 heteroatoms. The fraction of sp³-hybridized carbons (Fsp3) is 0.961.